The molecule has 0 unspecified atom stereocenters. The maximum absolute atomic E-state index is 12.8. The highest BCUT2D eigenvalue weighted by molar-refractivity contribution is 6.31. The molecule has 142 valence electrons. The number of hydrogen-bond donors (Lipinski definition) is 1. The highest BCUT2D eigenvalue weighted by Crippen LogP contribution is 2.25. The molecule has 0 aromatic heterocycles. The Morgan fingerprint density at radius 3 is 2.67 bits per heavy atom. The van der Waals surface area contributed by atoms with Gasteiger partial charge in [0.15, 0.2) is 0 Å². The molecule has 1 aliphatic rings. The van der Waals surface area contributed by atoms with Crippen molar-refractivity contribution in [2.45, 2.75) is 26.2 Å². The molecule has 0 radical (unpaired) electrons. The zero-order valence-electron chi connectivity index (χ0n) is 15.3. The van der Waals surface area contributed by atoms with E-state index in [9.17, 15) is 9.59 Å². The first-order valence-corrected chi connectivity index (χ1v) is 9.59. The van der Waals surface area contributed by atoms with Gasteiger partial charge in [0.25, 0.3) is 11.8 Å². The quantitative estimate of drug-likeness (QED) is 0.788. The smallest absolute Gasteiger partial charge is 0.255 e. The van der Waals surface area contributed by atoms with Crippen molar-refractivity contribution in [2.24, 2.45) is 0 Å². The first kappa shape index (κ1) is 19.2. The fraction of sp³-hybridized carbons (Fsp3) is 0.333. The van der Waals surface area contributed by atoms with Crippen molar-refractivity contribution >= 4 is 29.1 Å². The van der Waals surface area contributed by atoms with Crippen LogP contribution in [0.15, 0.2) is 42.5 Å². The Morgan fingerprint density at radius 2 is 1.93 bits per heavy atom. The van der Waals surface area contributed by atoms with Gasteiger partial charge in [-0.15, -0.1) is 0 Å². The van der Waals surface area contributed by atoms with E-state index in [1.54, 1.807) is 41.3 Å². The number of carbonyl (C=O) groups is 2. The van der Waals surface area contributed by atoms with Crippen LogP contribution in [0.2, 0.25) is 5.02 Å². The highest BCUT2D eigenvalue weighted by Gasteiger charge is 2.23. The molecule has 1 fully saturated rings. The van der Waals surface area contributed by atoms with Gasteiger partial charge in [0, 0.05) is 23.7 Å². The molecule has 0 atom stereocenters. The average molecular weight is 387 g/mol. The predicted octanol–water partition coefficient (Wildman–Crippen LogP) is 4.62. The number of ether oxygens (including phenoxy) is 1. The van der Waals surface area contributed by atoms with Crippen LogP contribution in [-0.4, -0.2) is 36.4 Å². The number of rotatable bonds is 6. The molecular formula is C21H23ClN2O3. The van der Waals surface area contributed by atoms with Crippen LogP contribution < -0.4 is 10.1 Å². The van der Waals surface area contributed by atoms with E-state index < -0.39 is 0 Å². The number of likely N-dealkylation sites (tertiary alicyclic amines) is 1. The van der Waals surface area contributed by atoms with Crippen LogP contribution >= 0.6 is 11.6 Å². The number of carbonyl (C=O) groups excluding carboxylic acids is 2. The lowest BCUT2D eigenvalue weighted by atomic mass is 10.1. The third-order valence-electron chi connectivity index (χ3n) is 4.42. The molecule has 2 amide bonds. The summed E-state index contributed by atoms with van der Waals surface area (Å²) in [5.74, 6) is 0.248. The second kappa shape index (κ2) is 8.91. The van der Waals surface area contributed by atoms with E-state index in [1.165, 1.54) is 0 Å². The molecule has 3 rings (SSSR count). The maximum Gasteiger partial charge on any atom is 0.255 e. The van der Waals surface area contributed by atoms with Crippen molar-refractivity contribution in [3.8, 4) is 5.75 Å². The summed E-state index contributed by atoms with van der Waals surface area (Å²) < 4.78 is 5.58. The van der Waals surface area contributed by atoms with Crippen molar-refractivity contribution in [1.82, 2.24) is 4.90 Å². The number of anilines is 1. The Kier molecular flexibility index (Phi) is 6.35. The molecule has 2 aromatic carbocycles. The Labute approximate surface area is 164 Å². The number of hydrogen-bond acceptors (Lipinski definition) is 3. The Balaban J connectivity index is 1.81. The molecule has 1 saturated heterocycles. The summed E-state index contributed by atoms with van der Waals surface area (Å²) in [6.07, 6.45) is 2.90. The van der Waals surface area contributed by atoms with Crippen molar-refractivity contribution in [3.05, 3.63) is 58.6 Å². The van der Waals surface area contributed by atoms with Crippen LogP contribution in [0.5, 0.6) is 5.75 Å². The standard InChI is InChI=1S/C21H23ClN2O3/c1-2-12-27-17-7-5-6-15(13-17)20(25)23-19-14-16(22)8-9-18(19)21(26)24-10-3-4-11-24/h5-9,13-14H,2-4,10-12H2,1H3,(H,23,25). The first-order valence-electron chi connectivity index (χ1n) is 9.21. The summed E-state index contributed by atoms with van der Waals surface area (Å²) in [7, 11) is 0. The normalized spacial score (nSPS) is 13.5. The van der Waals surface area contributed by atoms with Gasteiger partial charge in [0.1, 0.15) is 5.75 Å². The fourth-order valence-corrected chi connectivity index (χ4v) is 3.21. The zero-order chi connectivity index (χ0) is 19.2. The highest BCUT2D eigenvalue weighted by atomic mass is 35.5. The molecule has 0 aliphatic carbocycles. The number of amides is 2. The van der Waals surface area contributed by atoms with Crippen molar-refractivity contribution < 1.29 is 14.3 Å². The second-order valence-electron chi connectivity index (χ2n) is 6.52. The van der Waals surface area contributed by atoms with Crippen LogP contribution in [-0.2, 0) is 0 Å². The third-order valence-corrected chi connectivity index (χ3v) is 4.66. The summed E-state index contributed by atoms with van der Waals surface area (Å²) in [5, 5.41) is 3.29. The second-order valence-corrected chi connectivity index (χ2v) is 6.96. The molecule has 0 saturated carbocycles. The molecule has 1 heterocycles. The van der Waals surface area contributed by atoms with E-state index >= 15 is 0 Å². The van der Waals surface area contributed by atoms with Gasteiger partial charge in [-0.2, -0.15) is 0 Å². The van der Waals surface area contributed by atoms with Crippen LogP contribution in [0.4, 0.5) is 5.69 Å². The lowest BCUT2D eigenvalue weighted by Crippen LogP contribution is -2.28. The van der Waals surface area contributed by atoms with Crippen LogP contribution in [0.3, 0.4) is 0 Å². The topological polar surface area (TPSA) is 58.6 Å². The minimum Gasteiger partial charge on any atom is -0.494 e. The van der Waals surface area contributed by atoms with Gasteiger partial charge in [-0.05, 0) is 55.7 Å². The Bertz CT molecular complexity index is 832. The van der Waals surface area contributed by atoms with E-state index in [0.29, 0.717) is 34.2 Å². The van der Waals surface area contributed by atoms with Gasteiger partial charge in [0.05, 0.1) is 17.9 Å². The molecule has 0 spiro atoms. The summed E-state index contributed by atoms with van der Waals surface area (Å²) in [6.45, 7) is 4.10. The van der Waals surface area contributed by atoms with Gasteiger partial charge in [-0.1, -0.05) is 24.6 Å². The zero-order valence-corrected chi connectivity index (χ0v) is 16.1. The minimum absolute atomic E-state index is 0.0838. The van der Waals surface area contributed by atoms with Crippen molar-refractivity contribution in [3.63, 3.8) is 0 Å². The van der Waals surface area contributed by atoms with E-state index in [1.807, 2.05) is 13.0 Å². The van der Waals surface area contributed by atoms with E-state index in [4.69, 9.17) is 16.3 Å². The third kappa shape index (κ3) is 4.80. The molecule has 0 bridgehead atoms. The van der Waals surface area contributed by atoms with Crippen LogP contribution in [0, 0.1) is 0 Å². The van der Waals surface area contributed by atoms with E-state index in [2.05, 4.69) is 5.32 Å². The summed E-state index contributed by atoms with van der Waals surface area (Å²) >= 11 is 6.10. The fourth-order valence-electron chi connectivity index (χ4n) is 3.04. The van der Waals surface area contributed by atoms with E-state index in [-0.39, 0.29) is 11.8 Å². The van der Waals surface area contributed by atoms with Gasteiger partial charge in [0.2, 0.25) is 0 Å². The first-order chi connectivity index (χ1) is 13.1. The van der Waals surface area contributed by atoms with Gasteiger partial charge >= 0.3 is 0 Å². The number of halogens is 1. The lowest BCUT2D eigenvalue weighted by Gasteiger charge is -2.18. The molecule has 1 N–H and O–H groups in total. The largest absolute Gasteiger partial charge is 0.494 e. The summed E-state index contributed by atoms with van der Waals surface area (Å²) in [4.78, 5) is 27.3. The lowest BCUT2D eigenvalue weighted by molar-refractivity contribution is 0.0794. The SMILES string of the molecule is CCCOc1cccc(C(=O)Nc2cc(Cl)ccc2C(=O)N2CCCC2)c1. The van der Waals surface area contributed by atoms with E-state index in [0.717, 1.165) is 32.4 Å². The predicted molar refractivity (Wildman–Crippen MR) is 107 cm³/mol. The minimum atomic E-state index is -0.310. The number of nitrogens with one attached hydrogen (secondary N) is 1. The molecule has 1 aliphatic heterocycles. The summed E-state index contributed by atoms with van der Waals surface area (Å²) in [6, 6.07) is 11.9. The van der Waals surface area contributed by atoms with Gasteiger partial charge < -0.3 is 15.0 Å². The molecule has 2 aromatic rings. The number of benzene rings is 2. The molecule has 6 heteroatoms. The monoisotopic (exact) mass is 386 g/mol. The van der Waals surface area contributed by atoms with Crippen LogP contribution in [0.25, 0.3) is 0 Å². The Morgan fingerprint density at radius 1 is 1.15 bits per heavy atom. The summed E-state index contributed by atoms with van der Waals surface area (Å²) in [5.41, 5.74) is 1.33. The maximum atomic E-state index is 12.8. The average Bonchev–Trinajstić information content (AvgIpc) is 3.21. The van der Waals surface area contributed by atoms with Gasteiger partial charge in [-0.3, -0.25) is 9.59 Å². The van der Waals surface area contributed by atoms with Crippen molar-refractivity contribution in [1.29, 1.82) is 0 Å². The number of nitrogens with zero attached hydrogens (tertiary/aromatic N) is 1. The molecular weight excluding hydrogens is 364 g/mol. The molecule has 5 nitrogen and oxygen atoms in total. The van der Waals surface area contributed by atoms with Crippen molar-refractivity contribution in [2.75, 3.05) is 25.0 Å². The van der Waals surface area contributed by atoms with Gasteiger partial charge in [-0.25, -0.2) is 0 Å². The van der Waals surface area contributed by atoms with Crippen LogP contribution in [0.1, 0.15) is 46.9 Å². The Hall–Kier alpha value is -2.53. The molecule has 27 heavy (non-hydrogen) atoms.